The van der Waals surface area contributed by atoms with Crippen LogP contribution in [0.15, 0.2) is 24.3 Å². The molecule has 1 aromatic carbocycles. The molecule has 0 unspecified atom stereocenters. The first-order valence-corrected chi connectivity index (χ1v) is 8.98. The van der Waals surface area contributed by atoms with Crippen molar-refractivity contribution in [2.24, 2.45) is 0 Å². The van der Waals surface area contributed by atoms with Crippen LogP contribution >= 0.6 is 22.9 Å². The van der Waals surface area contributed by atoms with Crippen molar-refractivity contribution in [1.82, 2.24) is 10.3 Å². The average molecular weight is 381 g/mol. The topological polar surface area (TPSA) is 88.5 Å². The molecule has 0 atom stereocenters. The Hall–Kier alpha value is -1.96. The molecule has 0 radical (unpaired) electrons. The molecule has 2 heterocycles. The number of carbonyl (C=O) groups excluding carboxylic acids is 1. The van der Waals surface area contributed by atoms with Crippen LogP contribution in [0.25, 0.3) is 10.6 Å². The Kier molecular flexibility index (Phi) is 5.08. The first-order valence-electron chi connectivity index (χ1n) is 7.78. The van der Waals surface area contributed by atoms with Gasteiger partial charge in [0.05, 0.1) is 5.69 Å². The van der Waals surface area contributed by atoms with Gasteiger partial charge in [0.15, 0.2) is 0 Å². The first-order chi connectivity index (χ1) is 11.9. The van der Waals surface area contributed by atoms with Crippen molar-refractivity contribution in [2.75, 3.05) is 13.2 Å². The van der Waals surface area contributed by atoms with Crippen LogP contribution in [0.1, 0.15) is 28.2 Å². The molecule has 1 aliphatic heterocycles. The van der Waals surface area contributed by atoms with Gasteiger partial charge in [-0.15, -0.1) is 11.3 Å². The van der Waals surface area contributed by atoms with Gasteiger partial charge in [-0.05, 0) is 19.1 Å². The van der Waals surface area contributed by atoms with Gasteiger partial charge < -0.3 is 15.2 Å². The van der Waals surface area contributed by atoms with E-state index in [2.05, 4.69) is 10.3 Å². The number of thiazole rings is 1. The number of benzene rings is 1. The van der Waals surface area contributed by atoms with E-state index in [1.54, 1.807) is 19.1 Å². The third kappa shape index (κ3) is 3.68. The summed E-state index contributed by atoms with van der Waals surface area (Å²) in [5.74, 6) is -1.45. The lowest BCUT2D eigenvalue weighted by Crippen LogP contribution is -2.57. The lowest BCUT2D eigenvalue weighted by molar-refractivity contribution is -0.148. The quantitative estimate of drug-likeness (QED) is 0.850. The fourth-order valence-electron chi connectivity index (χ4n) is 2.71. The number of hydrogen-bond acceptors (Lipinski definition) is 5. The van der Waals surface area contributed by atoms with Crippen LogP contribution in [0, 0.1) is 6.92 Å². The summed E-state index contributed by atoms with van der Waals surface area (Å²) >= 11 is 7.13. The molecule has 132 valence electrons. The summed E-state index contributed by atoms with van der Waals surface area (Å²) in [6, 6.07) is 7.18. The number of ether oxygens (including phenoxy) is 1. The third-order valence-corrected chi connectivity index (χ3v) is 5.66. The molecule has 2 aromatic rings. The molecule has 2 N–H and O–H groups in total. The highest BCUT2D eigenvalue weighted by Gasteiger charge is 2.42. The fourth-order valence-corrected chi connectivity index (χ4v) is 3.80. The van der Waals surface area contributed by atoms with E-state index in [9.17, 15) is 14.7 Å². The number of rotatable bonds is 4. The van der Waals surface area contributed by atoms with Gasteiger partial charge in [0, 0.05) is 36.6 Å². The lowest BCUT2D eigenvalue weighted by atomic mass is 9.90. The molecule has 0 spiro atoms. The van der Waals surface area contributed by atoms with Crippen molar-refractivity contribution >= 4 is 34.8 Å². The SMILES string of the molecule is Cc1nc(-c2ccc(Cl)cc2)sc1C(=O)NC1(C(=O)O)CCOCC1. The normalized spacial score (nSPS) is 16.4. The summed E-state index contributed by atoms with van der Waals surface area (Å²) < 4.78 is 5.22. The predicted molar refractivity (Wildman–Crippen MR) is 95.2 cm³/mol. The van der Waals surface area contributed by atoms with E-state index >= 15 is 0 Å². The standard InChI is InChI=1S/C17H17ClN2O4S/c1-10-13(25-15(19-10)11-2-4-12(18)5-3-11)14(21)20-17(16(22)23)6-8-24-9-7-17/h2-5H,6-9H2,1H3,(H,20,21)(H,22,23). The van der Waals surface area contributed by atoms with Crippen molar-refractivity contribution in [3.05, 3.63) is 39.9 Å². The summed E-state index contributed by atoms with van der Waals surface area (Å²) in [6.07, 6.45) is 0.492. The third-order valence-electron chi connectivity index (χ3n) is 4.20. The molecule has 0 saturated carbocycles. The molecule has 1 amide bonds. The molecule has 0 bridgehead atoms. The van der Waals surface area contributed by atoms with Crippen LogP contribution in [0.3, 0.4) is 0 Å². The summed E-state index contributed by atoms with van der Waals surface area (Å²) in [4.78, 5) is 29.2. The Balaban J connectivity index is 1.85. The Morgan fingerprint density at radius 3 is 2.52 bits per heavy atom. The number of hydrogen-bond donors (Lipinski definition) is 2. The zero-order valence-corrected chi connectivity index (χ0v) is 15.1. The highest BCUT2D eigenvalue weighted by molar-refractivity contribution is 7.17. The van der Waals surface area contributed by atoms with E-state index in [0.29, 0.717) is 33.8 Å². The minimum atomic E-state index is -1.29. The summed E-state index contributed by atoms with van der Waals surface area (Å²) in [5, 5.41) is 13.6. The Labute approximate surface area is 153 Å². The van der Waals surface area contributed by atoms with E-state index < -0.39 is 17.4 Å². The second kappa shape index (κ2) is 7.11. The Morgan fingerprint density at radius 1 is 1.28 bits per heavy atom. The molecule has 0 aliphatic carbocycles. The summed E-state index contributed by atoms with van der Waals surface area (Å²) in [7, 11) is 0. The van der Waals surface area contributed by atoms with Gasteiger partial charge in [-0.1, -0.05) is 23.7 Å². The molecule has 6 nitrogen and oxygen atoms in total. The van der Waals surface area contributed by atoms with E-state index in [4.69, 9.17) is 16.3 Å². The van der Waals surface area contributed by atoms with Crippen LogP contribution in [0.4, 0.5) is 0 Å². The second-order valence-electron chi connectivity index (χ2n) is 5.89. The molecule has 1 saturated heterocycles. The minimum Gasteiger partial charge on any atom is -0.480 e. The average Bonchev–Trinajstić information content (AvgIpc) is 2.98. The van der Waals surface area contributed by atoms with Gasteiger partial charge >= 0.3 is 5.97 Å². The molecule has 1 aromatic heterocycles. The first kappa shape index (κ1) is 17.8. The van der Waals surface area contributed by atoms with E-state index in [1.807, 2.05) is 12.1 Å². The summed E-state index contributed by atoms with van der Waals surface area (Å²) in [6.45, 7) is 2.36. The predicted octanol–water partition coefficient (Wildman–Crippen LogP) is 3.14. The van der Waals surface area contributed by atoms with E-state index in [-0.39, 0.29) is 12.8 Å². The number of carboxylic acids is 1. The number of amides is 1. The molecule has 25 heavy (non-hydrogen) atoms. The van der Waals surface area contributed by atoms with Gasteiger partial charge in [0.25, 0.3) is 5.91 Å². The largest absolute Gasteiger partial charge is 0.480 e. The van der Waals surface area contributed by atoms with Gasteiger partial charge in [0.2, 0.25) is 0 Å². The molecule has 1 aliphatic rings. The van der Waals surface area contributed by atoms with Crippen molar-refractivity contribution in [3.8, 4) is 10.6 Å². The van der Waals surface area contributed by atoms with Gasteiger partial charge in [-0.2, -0.15) is 0 Å². The van der Waals surface area contributed by atoms with Crippen LogP contribution in [-0.2, 0) is 9.53 Å². The number of carboxylic acid groups (broad SMARTS) is 1. The fraction of sp³-hybridized carbons (Fsp3) is 0.353. The number of halogens is 1. The number of aromatic nitrogens is 1. The minimum absolute atomic E-state index is 0.246. The molecule has 8 heteroatoms. The number of nitrogens with one attached hydrogen (secondary N) is 1. The second-order valence-corrected chi connectivity index (χ2v) is 7.33. The maximum Gasteiger partial charge on any atom is 0.329 e. The zero-order chi connectivity index (χ0) is 18.0. The van der Waals surface area contributed by atoms with Gasteiger partial charge in [0.1, 0.15) is 15.4 Å². The highest BCUT2D eigenvalue weighted by Crippen LogP contribution is 2.30. The van der Waals surface area contributed by atoms with Crippen molar-refractivity contribution in [1.29, 1.82) is 0 Å². The number of aryl methyl sites for hydroxylation is 1. The van der Waals surface area contributed by atoms with Gasteiger partial charge in [-0.3, -0.25) is 4.79 Å². The van der Waals surface area contributed by atoms with Crippen LogP contribution in [0.5, 0.6) is 0 Å². The molecular formula is C17H17ClN2O4S. The smallest absolute Gasteiger partial charge is 0.329 e. The highest BCUT2D eigenvalue weighted by atomic mass is 35.5. The number of aliphatic carboxylic acids is 1. The van der Waals surface area contributed by atoms with Crippen LogP contribution in [0.2, 0.25) is 5.02 Å². The Bertz CT molecular complexity index is 797. The van der Waals surface area contributed by atoms with E-state index in [1.165, 1.54) is 11.3 Å². The van der Waals surface area contributed by atoms with Crippen molar-refractivity contribution < 1.29 is 19.4 Å². The van der Waals surface area contributed by atoms with Gasteiger partial charge in [-0.25, -0.2) is 9.78 Å². The van der Waals surface area contributed by atoms with Crippen molar-refractivity contribution in [3.63, 3.8) is 0 Å². The monoisotopic (exact) mass is 380 g/mol. The summed E-state index contributed by atoms with van der Waals surface area (Å²) in [5.41, 5.74) is 0.141. The molecule has 1 fully saturated rings. The maximum absolute atomic E-state index is 12.7. The number of carbonyl (C=O) groups is 2. The van der Waals surface area contributed by atoms with Crippen LogP contribution in [-0.4, -0.2) is 40.7 Å². The number of nitrogens with zero attached hydrogens (tertiary/aromatic N) is 1. The molecular weight excluding hydrogens is 364 g/mol. The maximum atomic E-state index is 12.7. The van der Waals surface area contributed by atoms with E-state index in [0.717, 1.165) is 5.56 Å². The van der Waals surface area contributed by atoms with Crippen LogP contribution < -0.4 is 5.32 Å². The Morgan fingerprint density at radius 2 is 1.92 bits per heavy atom. The lowest BCUT2D eigenvalue weighted by Gasteiger charge is -2.33. The van der Waals surface area contributed by atoms with Crippen molar-refractivity contribution in [2.45, 2.75) is 25.3 Å². The molecule has 3 rings (SSSR count). The zero-order valence-electron chi connectivity index (χ0n) is 13.5.